The second kappa shape index (κ2) is 9.15. The molecule has 1 heterocycles. The first kappa shape index (κ1) is 17.2. The maximum Gasteiger partial charge on any atom is 0.191 e. The Morgan fingerprint density at radius 1 is 1.25 bits per heavy atom. The summed E-state index contributed by atoms with van der Waals surface area (Å²) in [6.07, 6.45) is 0. The van der Waals surface area contributed by atoms with Crippen LogP contribution in [0.5, 0.6) is 0 Å². The van der Waals surface area contributed by atoms with E-state index in [4.69, 9.17) is 4.74 Å². The quantitative estimate of drug-likeness (QED) is 0.354. The summed E-state index contributed by atoms with van der Waals surface area (Å²) >= 11 is 0. The molecule has 0 atom stereocenters. The summed E-state index contributed by atoms with van der Waals surface area (Å²) in [5, 5.41) is 6.36. The van der Waals surface area contributed by atoms with Gasteiger partial charge in [-0.25, -0.2) is 8.42 Å². The van der Waals surface area contributed by atoms with Gasteiger partial charge in [0.05, 0.1) is 18.1 Å². The molecule has 0 aromatic heterocycles. The van der Waals surface area contributed by atoms with Crippen LogP contribution >= 0.6 is 0 Å². The van der Waals surface area contributed by atoms with Crippen LogP contribution in [0.2, 0.25) is 0 Å². The van der Waals surface area contributed by atoms with Crippen molar-refractivity contribution in [2.45, 2.75) is 6.92 Å². The maximum absolute atomic E-state index is 11.3. The average Bonchev–Trinajstić information content (AvgIpc) is 2.43. The molecule has 20 heavy (non-hydrogen) atoms. The van der Waals surface area contributed by atoms with E-state index in [-0.39, 0.29) is 11.5 Å². The number of guanidine groups is 1. The summed E-state index contributed by atoms with van der Waals surface area (Å²) in [5.74, 6) is 1.29. The lowest BCUT2D eigenvalue weighted by atomic mass is 10.4. The van der Waals surface area contributed by atoms with Gasteiger partial charge in [0.15, 0.2) is 15.8 Å². The Kier molecular flexibility index (Phi) is 7.86. The highest BCUT2D eigenvalue weighted by atomic mass is 32.2. The van der Waals surface area contributed by atoms with Gasteiger partial charge in [0, 0.05) is 46.4 Å². The van der Waals surface area contributed by atoms with E-state index in [0.29, 0.717) is 26.3 Å². The minimum Gasteiger partial charge on any atom is -0.380 e. The number of hydrogen-bond donors (Lipinski definition) is 2. The Balaban J connectivity index is 2.13. The highest BCUT2D eigenvalue weighted by Gasteiger charge is 2.20. The topological polar surface area (TPSA) is 83.0 Å². The summed E-state index contributed by atoms with van der Waals surface area (Å²) < 4.78 is 27.9. The molecule has 8 heteroatoms. The van der Waals surface area contributed by atoms with Gasteiger partial charge in [0.1, 0.15) is 0 Å². The van der Waals surface area contributed by atoms with Crippen molar-refractivity contribution < 1.29 is 13.2 Å². The first-order valence-corrected chi connectivity index (χ1v) is 8.84. The zero-order chi connectivity index (χ0) is 14.8. The van der Waals surface area contributed by atoms with E-state index in [0.717, 1.165) is 25.6 Å². The Morgan fingerprint density at radius 3 is 2.50 bits per heavy atom. The lowest BCUT2D eigenvalue weighted by Gasteiger charge is -2.26. The number of ether oxygens (including phenoxy) is 1. The van der Waals surface area contributed by atoms with Crippen molar-refractivity contribution >= 4 is 15.8 Å². The van der Waals surface area contributed by atoms with Crippen molar-refractivity contribution in [3.8, 4) is 0 Å². The molecule has 0 aliphatic carbocycles. The number of aliphatic imine (C=N–C) groups is 1. The Bertz CT molecular complexity index is 384. The van der Waals surface area contributed by atoms with Crippen LogP contribution in [0.1, 0.15) is 6.92 Å². The molecule has 1 fully saturated rings. The van der Waals surface area contributed by atoms with E-state index in [1.807, 2.05) is 6.92 Å². The van der Waals surface area contributed by atoms with E-state index < -0.39 is 9.84 Å². The molecule has 2 N–H and O–H groups in total. The fourth-order valence-corrected chi connectivity index (χ4v) is 3.19. The Morgan fingerprint density at radius 2 is 1.90 bits per heavy atom. The summed E-state index contributed by atoms with van der Waals surface area (Å²) in [7, 11) is -1.07. The highest BCUT2D eigenvalue weighted by molar-refractivity contribution is 7.91. The van der Waals surface area contributed by atoms with E-state index in [9.17, 15) is 8.42 Å². The molecule has 118 valence electrons. The summed E-state index contributed by atoms with van der Waals surface area (Å²) in [4.78, 5) is 6.27. The molecule has 1 saturated heterocycles. The van der Waals surface area contributed by atoms with Crippen LogP contribution in [-0.4, -0.2) is 83.8 Å². The summed E-state index contributed by atoms with van der Waals surface area (Å²) in [6, 6.07) is 0. The van der Waals surface area contributed by atoms with Gasteiger partial charge in [0.25, 0.3) is 0 Å². The molecule has 0 spiro atoms. The van der Waals surface area contributed by atoms with Gasteiger partial charge in [0.2, 0.25) is 0 Å². The van der Waals surface area contributed by atoms with E-state index in [2.05, 4.69) is 20.5 Å². The van der Waals surface area contributed by atoms with Crippen molar-refractivity contribution in [3.05, 3.63) is 0 Å². The van der Waals surface area contributed by atoms with Gasteiger partial charge in [-0.05, 0) is 6.92 Å². The Hall–Kier alpha value is -0.860. The van der Waals surface area contributed by atoms with Crippen molar-refractivity contribution in [1.29, 1.82) is 0 Å². The number of sulfone groups is 1. The van der Waals surface area contributed by atoms with Crippen LogP contribution < -0.4 is 10.6 Å². The van der Waals surface area contributed by atoms with E-state index in [1.165, 1.54) is 0 Å². The van der Waals surface area contributed by atoms with E-state index in [1.54, 1.807) is 7.05 Å². The summed E-state index contributed by atoms with van der Waals surface area (Å²) in [6.45, 7) is 6.87. The third-order valence-electron chi connectivity index (χ3n) is 3.12. The molecular formula is C12H26N4O3S. The molecule has 0 amide bonds. The second-order valence-corrected chi connectivity index (χ2v) is 6.92. The molecule has 0 aromatic carbocycles. The molecule has 0 unspecified atom stereocenters. The standard InChI is InChI=1S/C12H26N4O3S/c1-3-19-9-5-15-12(13-2)14-4-6-16-7-10-20(17,18)11-8-16/h3-11H2,1-2H3,(H2,13,14,15). The largest absolute Gasteiger partial charge is 0.380 e. The Labute approximate surface area is 121 Å². The molecule has 1 aliphatic heterocycles. The smallest absolute Gasteiger partial charge is 0.191 e. The zero-order valence-electron chi connectivity index (χ0n) is 12.4. The minimum absolute atomic E-state index is 0.272. The van der Waals surface area contributed by atoms with Crippen LogP contribution in [0.15, 0.2) is 4.99 Å². The zero-order valence-corrected chi connectivity index (χ0v) is 13.2. The van der Waals surface area contributed by atoms with Gasteiger partial charge >= 0.3 is 0 Å². The van der Waals surface area contributed by atoms with Crippen LogP contribution in [0, 0.1) is 0 Å². The number of rotatable bonds is 7. The minimum atomic E-state index is -2.79. The monoisotopic (exact) mass is 306 g/mol. The van der Waals surface area contributed by atoms with E-state index >= 15 is 0 Å². The SMILES string of the molecule is CCOCCNC(=NC)NCCN1CCS(=O)(=O)CC1. The third kappa shape index (κ3) is 7.06. The summed E-state index contributed by atoms with van der Waals surface area (Å²) in [5.41, 5.74) is 0. The molecule has 1 aliphatic rings. The van der Waals surface area contributed by atoms with Crippen LogP contribution in [0.25, 0.3) is 0 Å². The van der Waals surface area contributed by atoms with Gasteiger partial charge in [-0.3, -0.25) is 9.89 Å². The van der Waals surface area contributed by atoms with Gasteiger partial charge in [-0.1, -0.05) is 0 Å². The molecule has 0 radical (unpaired) electrons. The number of hydrogen-bond acceptors (Lipinski definition) is 5. The van der Waals surface area contributed by atoms with Crippen LogP contribution in [0.4, 0.5) is 0 Å². The third-order valence-corrected chi connectivity index (χ3v) is 4.73. The fourth-order valence-electron chi connectivity index (χ4n) is 1.91. The van der Waals surface area contributed by atoms with Crippen LogP contribution in [0.3, 0.4) is 0 Å². The van der Waals surface area contributed by atoms with Crippen molar-refractivity contribution in [2.24, 2.45) is 4.99 Å². The molecule has 7 nitrogen and oxygen atoms in total. The first-order valence-electron chi connectivity index (χ1n) is 7.02. The second-order valence-electron chi connectivity index (χ2n) is 4.62. The molecule has 0 aromatic rings. The molecule has 0 bridgehead atoms. The van der Waals surface area contributed by atoms with Crippen molar-refractivity contribution in [2.75, 3.05) is 64.5 Å². The van der Waals surface area contributed by atoms with Crippen molar-refractivity contribution in [3.63, 3.8) is 0 Å². The predicted octanol–water partition coefficient (Wildman–Crippen LogP) is -1.08. The van der Waals surface area contributed by atoms with Gasteiger partial charge < -0.3 is 15.4 Å². The predicted molar refractivity (Wildman–Crippen MR) is 81.0 cm³/mol. The van der Waals surface area contributed by atoms with Crippen LogP contribution in [-0.2, 0) is 14.6 Å². The first-order chi connectivity index (χ1) is 9.57. The maximum atomic E-state index is 11.3. The number of nitrogens with one attached hydrogen (secondary N) is 2. The lowest BCUT2D eigenvalue weighted by molar-refractivity contribution is 0.152. The van der Waals surface area contributed by atoms with Crippen molar-refractivity contribution in [1.82, 2.24) is 15.5 Å². The molecule has 1 rings (SSSR count). The highest BCUT2D eigenvalue weighted by Crippen LogP contribution is 2.02. The number of nitrogens with zero attached hydrogens (tertiary/aromatic N) is 2. The fraction of sp³-hybridized carbons (Fsp3) is 0.917. The van der Waals surface area contributed by atoms with Gasteiger partial charge in [-0.2, -0.15) is 0 Å². The van der Waals surface area contributed by atoms with Gasteiger partial charge in [-0.15, -0.1) is 0 Å². The normalized spacial score (nSPS) is 19.8. The molecule has 0 saturated carbocycles. The molecular weight excluding hydrogens is 280 g/mol. The lowest BCUT2D eigenvalue weighted by Crippen LogP contribution is -2.46. The average molecular weight is 306 g/mol.